The molecule has 2 aromatic carbocycles. The highest BCUT2D eigenvalue weighted by Gasteiger charge is 2.41. The standard InChI is InChI=1S/C30H35NO7/c1-4-36-12-13-37-14-15-38-30(34)27-19(2)31-24-17-21(23-10-5-6-11-26(23)35-3)18-25(33)29(24)28(27)20-8-7-9-22(32)16-20/h5-11,16,21,28,31-32H,4,12-15,17-18H2,1-3H3. The molecule has 1 aliphatic carbocycles. The van der Waals surface area contributed by atoms with E-state index < -0.39 is 11.9 Å². The minimum absolute atomic E-state index is 0.0555. The minimum atomic E-state index is -0.657. The number of aromatic hydroxyl groups is 1. The number of ketones is 1. The van der Waals surface area contributed by atoms with Gasteiger partial charge in [0.15, 0.2) is 5.78 Å². The van der Waals surface area contributed by atoms with Crippen molar-refractivity contribution in [2.45, 2.75) is 38.5 Å². The van der Waals surface area contributed by atoms with Gasteiger partial charge in [-0.15, -0.1) is 0 Å². The van der Waals surface area contributed by atoms with Gasteiger partial charge in [-0.3, -0.25) is 4.79 Å². The zero-order valence-electron chi connectivity index (χ0n) is 22.1. The number of para-hydroxylation sites is 1. The maximum Gasteiger partial charge on any atom is 0.336 e. The van der Waals surface area contributed by atoms with Crippen molar-refractivity contribution in [1.29, 1.82) is 0 Å². The van der Waals surface area contributed by atoms with Crippen molar-refractivity contribution >= 4 is 11.8 Å². The quantitative estimate of drug-likeness (QED) is 0.332. The molecule has 0 amide bonds. The van der Waals surface area contributed by atoms with Crippen LogP contribution in [0.25, 0.3) is 0 Å². The number of dihydropyridines is 1. The summed E-state index contributed by atoms with van der Waals surface area (Å²) in [5.74, 6) is -0.496. The van der Waals surface area contributed by atoms with E-state index in [1.807, 2.05) is 44.2 Å². The molecule has 2 N–H and O–H groups in total. The van der Waals surface area contributed by atoms with Crippen LogP contribution in [0.1, 0.15) is 49.7 Å². The molecule has 2 aromatic rings. The van der Waals surface area contributed by atoms with E-state index in [1.165, 1.54) is 0 Å². The van der Waals surface area contributed by atoms with Gasteiger partial charge in [-0.25, -0.2) is 4.79 Å². The van der Waals surface area contributed by atoms with Crippen molar-refractivity contribution in [1.82, 2.24) is 5.32 Å². The maximum atomic E-state index is 13.7. The van der Waals surface area contributed by atoms with Gasteiger partial charge >= 0.3 is 5.97 Å². The van der Waals surface area contributed by atoms with E-state index in [1.54, 1.807) is 25.3 Å². The second-order valence-electron chi connectivity index (χ2n) is 9.30. The van der Waals surface area contributed by atoms with E-state index in [-0.39, 0.29) is 37.1 Å². The summed E-state index contributed by atoms with van der Waals surface area (Å²) in [7, 11) is 1.62. The molecule has 1 heterocycles. The summed E-state index contributed by atoms with van der Waals surface area (Å²) in [6, 6.07) is 14.4. The number of benzene rings is 2. The molecule has 0 spiro atoms. The van der Waals surface area contributed by atoms with Gasteiger partial charge in [-0.2, -0.15) is 0 Å². The number of esters is 1. The van der Waals surface area contributed by atoms with Crippen LogP contribution in [0.4, 0.5) is 0 Å². The third kappa shape index (κ3) is 6.09. The van der Waals surface area contributed by atoms with Crippen molar-refractivity contribution in [2.24, 2.45) is 0 Å². The first kappa shape index (κ1) is 27.4. The average molecular weight is 522 g/mol. The fourth-order valence-electron chi connectivity index (χ4n) is 5.21. The van der Waals surface area contributed by atoms with E-state index in [4.69, 9.17) is 18.9 Å². The van der Waals surface area contributed by atoms with Gasteiger partial charge in [0.2, 0.25) is 0 Å². The lowest BCUT2D eigenvalue weighted by molar-refractivity contribution is -0.141. The number of rotatable bonds is 11. The number of hydrogen-bond acceptors (Lipinski definition) is 8. The van der Waals surface area contributed by atoms with Gasteiger partial charge in [0.25, 0.3) is 0 Å². The molecule has 0 radical (unpaired) electrons. The first-order chi connectivity index (χ1) is 18.4. The number of hydrogen-bond donors (Lipinski definition) is 2. The van der Waals surface area contributed by atoms with E-state index >= 15 is 0 Å². The topological polar surface area (TPSA) is 103 Å². The Kier molecular flexibility index (Phi) is 9.20. The summed E-state index contributed by atoms with van der Waals surface area (Å²) >= 11 is 0. The number of nitrogens with one attached hydrogen (secondary N) is 1. The van der Waals surface area contributed by atoms with Crippen LogP contribution < -0.4 is 10.1 Å². The molecule has 2 aliphatic rings. The number of carbonyl (C=O) groups excluding carboxylic acids is 2. The molecular weight excluding hydrogens is 486 g/mol. The van der Waals surface area contributed by atoms with Crippen molar-refractivity contribution in [3.8, 4) is 11.5 Å². The Morgan fingerprint density at radius 2 is 1.79 bits per heavy atom. The molecule has 1 aliphatic heterocycles. The molecule has 202 valence electrons. The van der Waals surface area contributed by atoms with Crippen LogP contribution >= 0.6 is 0 Å². The predicted molar refractivity (Wildman–Crippen MR) is 142 cm³/mol. The lowest BCUT2D eigenvalue weighted by Gasteiger charge is -2.37. The van der Waals surface area contributed by atoms with Gasteiger partial charge in [0.1, 0.15) is 18.1 Å². The van der Waals surface area contributed by atoms with Crippen LogP contribution in [0.3, 0.4) is 0 Å². The molecule has 4 rings (SSSR count). The zero-order chi connectivity index (χ0) is 27.1. The first-order valence-corrected chi connectivity index (χ1v) is 12.9. The molecule has 8 heteroatoms. The second kappa shape index (κ2) is 12.8. The van der Waals surface area contributed by atoms with Crippen molar-refractivity contribution < 1.29 is 33.6 Å². The predicted octanol–water partition coefficient (Wildman–Crippen LogP) is 4.36. The highest BCUT2D eigenvalue weighted by molar-refractivity contribution is 6.04. The summed E-state index contributed by atoms with van der Waals surface area (Å²) < 4.78 is 21.8. The SMILES string of the molecule is CCOCCOCCOC(=O)C1=C(C)NC2=C(C(=O)CC(c3ccccc3OC)C2)C1c1cccc(O)c1. The number of Topliss-reactive ketones (excluding diaryl/α,β-unsaturated/α-hetero) is 1. The van der Waals surface area contributed by atoms with Crippen LogP contribution in [0.5, 0.6) is 11.5 Å². The summed E-state index contributed by atoms with van der Waals surface area (Å²) in [5, 5.41) is 13.6. The highest BCUT2D eigenvalue weighted by Crippen LogP contribution is 2.47. The highest BCUT2D eigenvalue weighted by atomic mass is 16.6. The van der Waals surface area contributed by atoms with Gasteiger partial charge in [-0.05, 0) is 49.6 Å². The van der Waals surface area contributed by atoms with Gasteiger partial charge < -0.3 is 29.4 Å². The molecule has 0 aromatic heterocycles. The monoisotopic (exact) mass is 521 g/mol. The number of carbonyl (C=O) groups is 2. The van der Waals surface area contributed by atoms with Gasteiger partial charge in [0, 0.05) is 41.8 Å². The van der Waals surface area contributed by atoms with Crippen molar-refractivity contribution in [2.75, 3.05) is 40.1 Å². The maximum absolute atomic E-state index is 13.7. The van der Waals surface area contributed by atoms with Crippen LogP contribution in [-0.2, 0) is 23.8 Å². The van der Waals surface area contributed by atoms with Crippen molar-refractivity contribution in [3.63, 3.8) is 0 Å². The molecule has 0 saturated heterocycles. The van der Waals surface area contributed by atoms with Crippen LogP contribution in [0.15, 0.2) is 71.1 Å². The minimum Gasteiger partial charge on any atom is -0.508 e. The Morgan fingerprint density at radius 3 is 2.55 bits per heavy atom. The average Bonchev–Trinajstić information content (AvgIpc) is 2.91. The van der Waals surface area contributed by atoms with E-state index in [0.717, 1.165) is 17.0 Å². The number of allylic oxidation sites excluding steroid dienone is 3. The van der Waals surface area contributed by atoms with Gasteiger partial charge in [-0.1, -0.05) is 30.3 Å². The normalized spacial score (nSPS) is 19.2. The summed E-state index contributed by atoms with van der Waals surface area (Å²) in [6.07, 6.45) is 0.870. The molecular formula is C30H35NO7. The van der Waals surface area contributed by atoms with E-state index in [0.29, 0.717) is 48.6 Å². The first-order valence-electron chi connectivity index (χ1n) is 12.9. The summed E-state index contributed by atoms with van der Waals surface area (Å²) in [4.78, 5) is 27.1. The van der Waals surface area contributed by atoms with E-state index in [2.05, 4.69) is 5.32 Å². The Morgan fingerprint density at radius 1 is 1.03 bits per heavy atom. The van der Waals surface area contributed by atoms with Crippen molar-refractivity contribution in [3.05, 3.63) is 82.2 Å². The largest absolute Gasteiger partial charge is 0.508 e. The summed E-state index contributed by atoms with van der Waals surface area (Å²) in [6.45, 7) is 5.55. The van der Waals surface area contributed by atoms with Crippen LogP contribution in [-0.4, -0.2) is 57.0 Å². The molecule has 2 unspecified atom stereocenters. The lowest BCUT2D eigenvalue weighted by Crippen LogP contribution is -2.36. The Bertz CT molecular complexity index is 1230. The fourth-order valence-corrected chi connectivity index (χ4v) is 5.21. The van der Waals surface area contributed by atoms with Crippen LogP contribution in [0, 0.1) is 0 Å². The molecule has 0 fully saturated rings. The number of phenolic OH excluding ortho intramolecular Hbond substituents is 1. The molecule has 38 heavy (non-hydrogen) atoms. The number of phenols is 1. The Balaban J connectivity index is 1.61. The fraction of sp³-hybridized carbons (Fsp3) is 0.400. The molecule has 2 atom stereocenters. The summed E-state index contributed by atoms with van der Waals surface area (Å²) in [5.41, 5.74) is 3.91. The molecule has 0 saturated carbocycles. The lowest BCUT2D eigenvalue weighted by atomic mass is 9.71. The molecule has 8 nitrogen and oxygen atoms in total. The Labute approximate surface area is 223 Å². The van der Waals surface area contributed by atoms with E-state index in [9.17, 15) is 14.7 Å². The third-order valence-corrected chi connectivity index (χ3v) is 6.87. The smallest absolute Gasteiger partial charge is 0.336 e. The Hall–Kier alpha value is -3.62. The second-order valence-corrected chi connectivity index (χ2v) is 9.30. The van der Waals surface area contributed by atoms with Gasteiger partial charge in [0.05, 0.1) is 32.5 Å². The molecule has 0 bridgehead atoms. The number of methoxy groups -OCH3 is 1. The van der Waals surface area contributed by atoms with Crippen LogP contribution in [0.2, 0.25) is 0 Å². The number of ether oxygens (including phenoxy) is 4. The third-order valence-electron chi connectivity index (χ3n) is 6.87. The zero-order valence-corrected chi connectivity index (χ0v) is 22.1.